The normalized spacial score (nSPS) is 10.2. The van der Waals surface area contributed by atoms with Crippen molar-refractivity contribution in [3.8, 4) is 5.88 Å². The highest BCUT2D eigenvalue weighted by molar-refractivity contribution is 5.80. The molecule has 2 N–H and O–H groups in total. The second-order valence-corrected chi connectivity index (χ2v) is 4.11. The molecule has 100 valence electrons. The van der Waals surface area contributed by atoms with Crippen molar-refractivity contribution in [3.63, 3.8) is 0 Å². The molecule has 0 aliphatic rings. The fraction of sp³-hybridized carbons (Fsp3) is 0.583. The van der Waals surface area contributed by atoms with Crippen LogP contribution in [0.1, 0.15) is 27.2 Å². The number of aromatic nitrogens is 2. The van der Waals surface area contributed by atoms with Gasteiger partial charge in [0.25, 0.3) is 0 Å². The van der Waals surface area contributed by atoms with Gasteiger partial charge < -0.3 is 15.4 Å². The molecule has 1 aromatic rings. The molecule has 0 aliphatic heterocycles. The van der Waals surface area contributed by atoms with E-state index in [4.69, 9.17) is 4.74 Å². The molecule has 6 heteroatoms. The first-order valence-corrected chi connectivity index (χ1v) is 6.11. The monoisotopic (exact) mass is 252 g/mol. The fourth-order valence-electron chi connectivity index (χ4n) is 1.24. The van der Waals surface area contributed by atoms with E-state index in [9.17, 15) is 4.79 Å². The summed E-state index contributed by atoms with van der Waals surface area (Å²) in [6.07, 6.45) is 2.39. The Morgan fingerprint density at radius 3 is 2.89 bits per heavy atom. The summed E-state index contributed by atoms with van der Waals surface area (Å²) in [4.78, 5) is 19.4. The van der Waals surface area contributed by atoms with E-state index in [1.54, 1.807) is 6.07 Å². The molecular formula is C12H20N4O2. The van der Waals surface area contributed by atoms with Gasteiger partial charge in [0.1, 0.15) is 12.1 Å². The summed E-state index contributed by atoms with van der Waals surface area (Å²) in [5, 5.41) is 5.70. The fourth-order valence-corrected chi connectivity index (χ4v) is 1.24. The SMILES string of the molecule is CCCNC(=O)CNc1cc(OC(C)C)ncn1. The van der Waals surface area contributed by atoms with Gasteiger partial charge >= 0.3 is 0 Å². The summed E-state index contributed by atoms with van der Waals surface area (Å²) in [5.41, 5.74) is 0. The molecule has 0 saturated carbocycles. The maximum atomic E-state index is 11.4. The highest BCUT2D eigenvalue weighted by Crippen LogP contribution is 2.11. The van der Waals surface area contributed by atoms with Crippen molar-refractivity contribution in [1.29, 1.82) is 0 Å². The third-order valence-corrected chi connectivity index (χ3v) is 2.00. The van der Waals surface area contributed by atoms with Crippen LogP contribution in [0.25, 0.3) is 0 Å². The van der Waals surface area contributed by atoms with Gasteiger partial charge in [-0.25, -0.2) is 9.97 Å². The van der Waals surface area contributed by atoms with Gasteiger partial charge in [-0.1, -0.05) is 6.92 Å². The van der Waals surface area contributed by atoms with E-state index in [1.165, 1.54) is 6.33 Å². The molecule has 1 heterocycles. The molecule has 0 radical (unpaired) electrons. The summed E-state index contributed by atoms with van der Waals surface area (Å²) in [5.74, 6) is 1.02. The molecule has 0 spiro atoms. The maximum absolute atomic E-state index is 11.4. The Morgan fingerprint density at radius 1 is 1.44 bits per heavy atom. The molecule has 1 amide bonds. The average molecular weight is 252 g/mol. The van der Waals surface area contributed by atoms with Gasteiger partial charge in [-0.05, 0) is 20.3 Å². The first kappa shape index (κ1) is 14.2. The van der Waals surface area contributed by atoms with Gasteiger partial charge in [0.05, 0.1) is 12.6 Å². The molecule has 0 unspecified atom stereocenters. The number of anilines is 1. The Morgan fingerprint density at radius 2 is 2.22 bits per heavy atom. The van der Waals surface area contributed by atoms with Crippen LogP contribution < -0.4 is 15.4 Å². The van der Waals surface area contributed by atoms with E-state index in [1.807, 2.05) is 20.8 Å². The summed E-state index contributed by atoms with van der Waals surface area (Å²) in [6, 6.07) is 1.67. The second-order valence-electron chi connectivity index (χ2n) is 4.11. The zero-order chi connectivity index (χ0) is 13.4. The third-order valence-electron chi connectivity index (χ3n) is 2.00. The van der Waals surface area contributed by atoms with Crippen LogP contribution in [-0.4, -0.2) is 35.1 Å². The van der Waals surface area contributed by atoms with Gasteiger partial charge in [0.2, 0.25) is 11.8 Å². The third kappa shape index (κ3) is 5.47. The van der Waals surface area contributed by atoms with Gasteiger partial charge in [-0.3, -0.25) is 4.79 Å². The van der Waals surface area contributed by atoms with E-state index in [-0.39, 0.29) is 18.6 Å². The number of hydrogen-bond donors (Lipinski definition) is 2. The van der Waals surface area contributed by atoms with Crippen molar-refractivity contribution >= 4 is 11.7 Å². The predicted molar refractivity (Wildman–Crippen MR) is 69.6 cm³/mol. The van der Waals surface area contributed by atoms with Crippen LogP contribution in [0, 0.1) is 0 Å². The number of nitrogens with zero attached hydrogens (tertiary/aromatic N) is 2. The molecule has 1 aromatic heterocycles. The lowest BCUT2D eigenvalue weighted by molar-refractivity contribution is -0.119. The van der Waals surface area contributed by atoms with Crippen molar-refractivity contribution in [1.82, 2.24) is 15.3 Å². The number of nitrogens with one attached hydrogen (secondary N) is 2. The molecule has 0 aliphatic carbocycles. The zero-order valence-corrected chi connectivity index (χ0v) is 11.1. The number of amides is 1. The van der Waals surface area contributed by atoms with E-state index < -0.39 is 0 Å². The Labute approximate surface area is 107 Å². The summed E-state index contributed by atoms with van der Waals surface area (Å²) < 4.78 is 5.43. The van der Waals surface area contributed by atoms with Gasteiger partial charge in [0.15, 0.2) is 0 Å². The van der Waals surface area contributed by atoms with E-state index >= 15 is 0 Å². The number of rotatable bonds is 7. The van der Waals surface area contributed by atoms with Crippen LogP contribution in [0.15, 0.2) is 12.4 Å². The largest absolute Gasteiger partial charge is 0.475 e. The first-order valence-electron chi connectivity index (χ1n) is 6.11. The van der Waals surface area contributed by atoms with Crippen LogP contribution in [0.2, 0.25) is 0 Å². The minimum Gasteiger partial charge on any atom is -0.475 e. The van der Waals surface area contributed by atoms with Crippen LogP contribution in [0.3, 0.4) is 0 Å². The zero-order valence-electron chi connectivity index (χ0n) is 11.1. The van der Waals surface area contributed by atoms with Gasteiger partial charge in [-0.2, -0.15) is 0 Å². The second kappa shape index (κ2) is 7.47. The number of hydrogen-bond acceptors (Lipinski definition) is 5. The molecule has 0 bridgehead atoms. The number of ether oxygens (including phenoxy) is 1. The van der Waals surface area contributed by atoms with Crippen molar-refractivity contribution in [2.24, 2.45) is 0 Å². The van der Waals surface area contributed by atoms with Crippen LogP contribution in [0.4, 0.5) is 5.82 Å². The van der Waals surface area contributed by atoms with Crippen molar-refractivity contribution < 1.29 is 9.53 Å². The Bertz CT molecular complexity index is 382. The van der Waals surface area contributed by atoms with Crippen LogP contribution in [0.5, 0.6) is 5.88 Å². The molecule has 0 fully saturated rings. The van der Waals surface area contributed by atoms with Crippen LogP contribution >= 0.6 is 0 Å². The van der Waals surface area contributed by atoms with E-state index in [2.05, 4.69) is 20.6 Å². The molecule has 6 nitrogen and oxygen atoms in total. The summed E-state index contributed by atoms with van der Waals surface area (Å²) in [6.45, 7) is 6.73. The Kier molecular flexibility index (Phi) is 5.90. The summed E-state index contributed by atoms with van der Waals surface area (Å²) in [7, 11) is 0. The highest BCUT2D eigenvalue weighted by atomic mass is 16.5. The smallest absolute Gasteiger partial charge is 0.239 e. The minimum absolute atomic E-state index is 0.0539. The Hall–Kier alpha value is -1.85. The highest BCUT2D eigenvalue weighted by Gasteiger charge is 2.04. The number of carbonyl (C=O) groups excluding carboxylic acids is 1. The quantitative estimate of drug-likeness (QED) is 0.762. The van der Waals surface area contributed by atoms with E-state index in [0.29, 0.717) is 18.2 Å². The molecule has 0 aromatic carbocycles. The number of carbonyl (C=O) groups is 1. The molecule has 0 saturated heterocycles. The molecule has 1 rings (SSSR count). The molecule has 0 atom stereocenters. The minimum atomic E-state index is -0.0539. The van der Waals surface area contributed by atoms with Gasteiger partial charge in [0, 0.05) is 12.6 Å². The lowest BCUT2D eigenvalue weighted by Crippen LogP contribution is -2.30. The van der Waals surface area contributed by atoms with Crippen LogP contribution in [-0.2, 0) is 4.79 Å². The molecular weight excluding hydrogens is 232 g/mol. The van der Waals surface area contributed by atoms with Gasteiger partial charge in [-0.15, -0.1) is 0 Å². The lowest BCUT2D eigenvalue weighted by atomic mass is 10.4. The average Bonchev–Trinajstić information content (AvgIpc) is 2.33. The van der Waals surface area contributed by atoms with Crippen molar-refractivity contribution in [3.05, 3.63) is 12.4 Å². The maximum Gasteiger partial charge on any atom is 0.239 e. The van der Waals surface area contributed by atoms with Crippen molar-refractivity contribution in [2.45, 2.75) is 33.3 Å². The van der Waals surface area contributed by atoms with E-state index in [0.717, 1.165) is 6.42 Å². The Balaban J connectivity index is 2.44. The lowest BCUT2D eigenvalue weighted by Gasteiger charge is -2.10. The predicted octanol–water partition coefficient (Wildman–Crippen LogP) is 1.20. The molecule has 18 heavy (non-hydrogen) atoms. The topological polar surface area (TPSA) is 76.1 Å². The van der Waals surface area contributed by atoms with Crippen molar-refractivity contribution in [2.75, 3.05) is 18.4 Å². The summed E-state index contributed by atoms with van der Waals surface area (Å²) >= 11 is 0. The first-order chi connectivity index (χ1) is 8.61. The standard InChI is InChI=1S/C12H20N4O2/c1-4-5-13-11(17)7-14-10-6-12(16-8-15-10)18-9(2)3/h6,8-9H,4-5,7H2,1-3H3,(H,13,17)(H,14,15,16).